The number of aryl methyl sites for hydroxylation is 2. The lowest BCUT2D eigenvalue weighted by atomic mass is 10.0. The van der Waals surface area contributed by atoms with Crippen LogP contribution in [0, 0.1) is 25.2 Å². The van der Waals surface area contributed by atoms with E-state index in [1.165, 1.54) is 55.5 Å². The Hall–Kier alpha value is -7.20. The van der Waals surface area contributed by atoms with E-state index in [0.29, 0.717) is 55.0 Å². The molecule has 0 bridgehead atoms. The van der Waals surface area contributed by atoms with Gasteiger partial charge in [0.25, 0.3) is 20.0 Å². The molecule has 0 radical (unpaired) electrons. The number of fused-ring (bicyclic) bond motifs is 1. The summed E-state index contributed by atoms with van der Waals surface area (Å²) < 4.78 is 66.1. The van der Waals surface area contributed by atoms with E-state index in [-0.39, 0.29) is 55.3 Å². The van der Waals surface area contributed by atoms with Gasteiger partial charge in [-0.15, -0.1) is 10.2 Å². The second kappa shape index (κ2) is 17.8. The number of phenolic OH excluding ortho intramolecular Hbond substituents is 2. The molecule has 0 saturated carbocycles. The van der Waals surface area contributed by atoms with E-state index in [1.54, 1.807) is 32.0 Å². The average Bonchev–Trinajstić information content (AvgIpc) is 3.25. The molecule has 7 rings (SSSR count). The van der Waals surface area contributed by atoms with E-state index >= 15 is 0 Å². The lowest BCUT2D eigenvalue weighted by Crippen LogP contribution is -2.37. The second-order valence-corrected chi connectivity index (χ2v) is 17.8. The van der Waals surface area contributed by atoms with Crippen molar-refractivity contribution in [2.24, 2.45) is 10.2 Å². The summed E-state index contributed by atoms with van der Waals surface area (Å²) in [7, 11) is -8.84. The third-order valence-electron chi connectivity index (χ3n) is 10.1. The smallest absolute Gasteiger partial charge is 0.264 e. The Morgan fingerprint density at radius 3 is 2.24 bits per heavy atom. The number of nitriles is 1. The van der Waals surface area contributed by atoms with E-state index in [2.05, 4.69) is 30.3 Å². The fourth-order valence-electron chi connectivity index (χ4n) is 6.87. The zero-order valence-corrected chi connectivity index (χ0v) is 35.4. The minimum Gasteiger partial charge on any atom is -0.506 e. The molecule has 6 aromatic carbocycles. The molecule has 6 N–H and O–H groups in total. The standard InChI is InChI=1S/C44H42N8O8S2/c1-27-20-37(41(54)21-28(27)2)51-62(58,59)42-23-32(12-15-40(42)52-16-18-60-19-17-52)50-61(56,57)33-13-14-35(31(22-33)25-45)48-49-38-24-39(47-29(3)53)44(55)34-10-7-11-36(43(34)38)46-26-30-8-5-4-6-9-30/h4-15,20-24,46,50-51,54-55H,16-19,26H2,1-3H3,(H,47,53). The summed E-state index contributed by atoms with van der Waals surface area (Å²) in [4.78, 5) is 13.3. The van der Waals surface area contributed by atoms with E-state index < -0.39 is 26.0 Å². The third-order valence-corrected chi connectivity index (χ3v) is 12.9. The number of phenols is 2. The predicted molar refractivity (Wildman–Crippen MR) is 238 cm³/mol. The number of azo groups is 1. The van der Waals surface area contributed by atoms with Gasteiger partial charge in [-0.2, -0.15) is 5.26 Å². The maximum Gasteiger partial charge on any atom is 0.264 e. The monoisotopic (exact) mass is 874 g/mol. The van der Waals surface area contributed by atoms with Gasteiger partial charge in [0.05, 0.1) is 52.1 Å². The molecule has 6 aromatic rings. The fraction of sp³-hybridized carbons (Fsp3) is 0.182. The molecular formula is C44H42N8O8S2. The zero-order chi connectivity index (χ0) is 44.2. The zero-order valence-electron chi connectivity index (χ0n) is 33.8. The topological polar surface area (TPSA) is 235 Å². The molecule has 0 atom stereocenters. The van der Waals surface area contributed by atoms with Crippen molar-refractivity contribution in [1.82, 2.24) is 0 Å². The molecule has 0 unspecified atom stereocenters. The van der Waals surface area contributed by atoms with Crippen LogP contribution in [-0.4, -0.2) is 59.3 Å². The molecule has 62 heavy (non-hydrogen) atoms. The number of sulfonamides is 2. The first kappa shape index (κ1) is 42.9. The number of carbonyl (C=O) groups is 1. The van der Waals surface area contributed by atoms with Crippen LogP contribution in [0.15, 0.2) is 123 Å². The molecule has 0 aromatic heterocycles. The number of nitrogens with zero attached hydrogens (tertiary/aromatic N) is 4. The van der Waals surface area contributed by atoms with Crippen molar-refractivity contribution in [3.63, 3.8) is 0 Å². The number of amides is 1. The molecule has 1 heterocycles. The van der Waals surface area contributed by atoms with Gasteiger partial charge in [-0.05, 0) is 91.2 Å². The fourth-order valence-corrected chi connectivity index (χ4v) is 9.27. The molecule has 1 aliphatic heterocycles. The van der Waals surface area contributed by atoms with Gasteiger partial charge in [0.1, 0.15) is 28.2 Å². The Morgan fingerprint density at radius 1 is 0.790 bits per heavy atom. The molecule has 0 aliphatic carbocycles. The SMILES string of the molecule is CC(=O)Nc1cc(N=Nc2ccc(S(=O)(=O)Nc3ccc(N4CCOCC4)c(S(=O)(=O)Nc4cc(C)c(C)cc4O)c3)cc2C#N)c2c(NCc3ccccc3)cccc2c1O. The summed E-state index contributed by atoms with van der Waals surface area (Å²) in [5.74, 6) is -0.891. The highest BCUT2D eigenvalue weighted by atomic mass is 32.2. The minimum atomic E-state index is -4.43. The number of benzene rings is 6. The van der Waals surface area contributed by atoms with Crippen LogP contribution in [0.2, 0.25) is 0 Å². The van der Waals surface area contributed by atoms with Gasteiger partial charge in [-0.25, -0.2) is 16.8 Å². The molecule has 1 aliphatic rings. The number of hydrogen-bond donors (Lipinski definition) is 6. The normalized spacial score (nSPS) is 13.2. The third kappa shape index (κ3) is 9.39. The predicted octanol–water partition coefficient (Wildman–Crippen LogP) is 8.16. The lowest BCUT2D eigenvalue weighted by Gasteiger charge is -2.30. The summed E-state index contributed by atoms with van der Waals surface area (Å²) in [6, 6.07) is 29.0. The highest BCUT2D eigenvalue weighted by Gasteiger charge is 2.27. The van der Waals surface area contributed by atoms with Crippen LogP contribution < -0.4 is 25.0 Å². The first-order valence-corrected chi connectivity index (χ1v) is 22.2. The van der Waals surface area contributed by atoms with Crippen molar-refractivity contribution in [3.8, 4) is 17.6 Å². The molecule has 16 nitrogen and oxygen atoms in total. The van der Waals surface area contributed by atoms with Gasteiger partial charge in [0.15, 0.2) is 0 Å². The minimum absolute atomic E-state index is 0.0207. The van der Waals surface area contributed by atoms with E-state index in [4.69, 9.17) is 4.74 Å². The molecule has 18 heteroatoms. The van der Waals surface area contributed by atoms with E-state index in [1.807, 2.05) is 41.3 Å². The van der Waals surface area contributed by atoms with Crippen LogP contribution in [0.4, 0.5) is 39.8 Å². The van der Waals surface area contributed by atoms with Crippen LogP contribution >= 0.6 is 0 Å². The van der Waals surface area contributed by atoms with Crippen molar-refractivity contribution >= 4 is 76.5 Å². The van der Waals surface area contributed by atoms with E-state index in [0.717, 1.165) is 22.8 Å². The number of aromatic hydroxyl groups is 2. The Morgan fingerprint density at radius 2 is 1.52 bits per heavy atom. The van der Waals surface area contributed by atoms with Crippen molar-refractivity contribution in [2.75, 3.05) is 51.3 Å². The van der Waals surface area contributed by atoms with Gasteiger partial charge in [0, 0.05) is 43.0 Å². The summed E-state index contributed by atoms with van der Waals surface area (Å²) >= 11 is 0. The Balaban J connectivity index is 1.21. The first-order valence-electron chi connectivity index (χ1n) is 19.3. The summed E-state index contributed by atoms with van der Waals surface area (Å²) in [6.07, 6.45) is 0. The molecule has 1 saturated heterocycles. The highest BCUT2D eigenvalue weighted by molar-refractivity contribution is 7.93. The van der Waals surface area contributed by atoms with Gasteiger partial charge in [-0.1, -0.05) is 42.5 Å². The van der Waals surface area contributed by atoms with Crippen LogP contribution in [0.25, 0.3) is 10.8 Å². The molecule has 1 amide bonds. The molecule has 1 fully saturated rings. The van der Waals surface area contributed by atoms with Gasteiger partial charge in [0.2, 0.25) is 5.91 Å². The largest absolute Gasteiger partial charge is 0.506 e. The number of hydrogen-bond acceptors (Lipinski definition) is 13. The number of rotatable bonds is 13. The second-order valence-electron chi connectivity index (χ2n) is 14.5. The van der Waals surface area contributed by atoms with Crippen molar-refractivity contribution in [2.45, 2.75) is 37.1 Å². The summed E-state index contributed by atoms with van der Waals surface area (Å²) in [5, 5.41) is 47.5. The summed E-state index contributed by atoms with van der Waals surface area (Å²) in [5.41, 5.74) is 3.47. The Labute approximate surface area is 358 Å². The van der Waals surface area contributed by atoms with Crippen LogP contribution in [0.5, 0.6) is 11.5 Å². The molecule has 318 valence electrons. The van der Waals surface area contributed by atoms with Gasteiger partial charge >= 0.3 is 0 Å². The lowest BCUT2D eigenvalue weighted by molar-refractivity contribution is -0.114. The Bertz CT molecular complexity index is 3000. The molecule has 0 spiro atoms. The quantitative estimate of drug-likeness (QED) is 0.0478. The van der Waals surface area contributed by atoms with Gasteiger partial charge < -0.3 is 30.5 Å². The van der Waals surface area contributed by atoms with Crippen molar-refractivity contribution in [1.29, 1.82) is 5.26 Å². The number of carbonyl (C=O) groups excluding carboxylic acids is 1. The summed E-state index contributed by atoms with van der Waals surface area (Å²) in [6.45, 7) is 6.77. The number of nitrogens with one attached hydrogen (secondary N) is 4. The highest BCUT2D eigenvalue weighted by Crippen LogP contribution is 2.44. The Kier molecular flexibility index (Phi) is 12.3. The van der Waals surface area contributed by atoms with Gasteiger partial charge in [-0.3, -0.25) is 14.2 Å². The first-order chi connectivity index (χ1) is 29.6. The van der Waals surface area contributed by atoms with Crippen molar-refractivity contribution < 1.29 is 36.6 Å². The average molecular weight is 875 g/mol. The van der Waals surface area contributed by atoms with Crippen LogP contribution in [0.1, 0.15) is 29.2 Å². The van der Waals surface area contributed by atoms with E-state index in [9.17, 15) is 37.1 Å². The number of anilines is 5. The number of morpholine rings is 1. The number of ether oxygens (including phenoxy) is 1. The maximum absolute atomic E-state index is 14.0. The molecular weight excluding hydrogens is 833 g/mol. The van der Waals surface area contributed by atoms with Crippen LogP contribution in [0.3, 0.4) is 0 Å². The maximum atomic E-state index is 14.0. The van der Waals surface area contributed by atoms with Crippen LogP contribution in [-0.2, 0) is 36.1 Å². The van der Waals surface area contributed by atoms with Crippen molar-refractivity contribution in [3.05, 3.63) is 125 Å².